The molecular formula is H7NaO4V. The molecule has 0 aliphatic carbocycles. The zero-order valence-corrected chi connectivity index (χ0v) is 6.75. The molecule has 0 amide bonds. The second-order valence-electron chi connectivity index (χ2n) is 0. The summed E-state index contributed by atoms with van der Waals surface area (Å²) in [5.41, 5.74) is 0. The van der Waals surface area contributed by atoms with Crippen LogP contribution in [0.2, 0.25) is 0 Å². The molecule has 0 saturated carbocycles. The quantitative estimate of drug-likeness (QED) is 0.311. The van der Waals surface area contributed by atoms with Crippen molar-refractivity contribution in [2.24, 2.45) is 0 Å². The Hall–Kier alpha value is 1.26. The van der Waals surface area contributed by atoms with Gasteiger partial charge in [0.2, 0.25) is 0 Å². The van der Waals surface area contributed by atoms with Crippen LogP contribution in [0.15, 0.2) is 0 Å². The van der Waals surface area contributed by atoms with E-state index >= 15 is 0 Å². The predicted octanol–water partition coefficient (Wildman–Crippen LogP) is -5.48. The van der Waals surface area contributed by atoms with E-state index in [9.17, 15) is 0 Å². The Kier molecular flexibility index (Phi) is 1010. The van der Waals surface area contributed by atoms with Gasteiger partial charge in [-0.2, -0.15) is 0 Å². The summed E-state index contributed by atoms with van der Waals surface area (Å²) in [5.74, 6) is 0. The molecule has 0 radical (unpaired) electrons. The van der Waals surface area contributed by atoms with Crippen molar-refractivity contribution >= 4 is 0 Å². The van der Waals surface area contributed by atoms with E-state index in [2.05, 4.69) is 0 Å². The molecule has 0 atom stereocenters. The fourth-order valence-corrected chi connectivity index (χ4v) is 0. The van der Waals surface area contributed by atoms with Crippen molar-refractivity contribution in [2.75, 3.05) is 0 Å². The molecule has 0 aromatic carbocycles. The van der Waals surface area contributed by atoms with Crippen LogP contribution in [0.5, 0.6) is 0 Å². The van der Waals surface area contributed by atoms with Crippen LogP contribution < -0.4 is 29.6 Å². The molecule has 6 heteroatoms. The number of rotatable bonds is 0. The summed E-state index contributed by atoms with van der Waals surface area (Å²) in [6.45, 7) is 0. The van der Waals surface area contributed by atoms with Crippen LogP contribution in [0.1, 0.15) is 1.43 Å². The van der Waals surface area contributed by atoms with Gasteiger partial charge >= 0.3 is 50.6 Å². The van der Waals surface area contributed by atoms with Crippen LogP contribution in [-0.4, -0.2) is 16.4 Å². The third-order valence-electron chi connectivity index (χ3n) is 0. The van der Waals surface area contributed by atoms with Crippen molar-refractivity contribution in [1.82, 2.24) is 0 Å². The Bertz CT molecular complexity index is 11.7. The fraction of sp³-hybridized carbons (Fsp3) is 0. The molecule has 6 heavy (non-hydrogen) atoms. The summed E-state index contributed by atoms with van der Waals surface area (Å²) >= 11 is 1.06. The summed E-state index contributed by atoms with van der Waals surface area (Å²) in [6.07, 6.45) is 0. The Morgan fingerprint density at radius 2 is 1.00 bits per heavy atom. The van der Waals surface area contributed by atoms with Crippen LogP contribution in [0.3, 0.4) is 0 Å². The summed E-state index contributed by atoms with van der Waals surface area (Å²) in [6, 6.07) is 0. The van der Waals surface area contributed by atoms with Crippen molar-refractivity contribution in [3.8, 4) is 0 Å². The molecule has 4 nitrogen and oxygen atoms in total. The normalized spacial score (nSPS) is 0.500. The Balaban J connectivity index is -0.000000000500. The van der Waals surface area contributed by atoms with Crippen LogP contribution in [0, 0.1) is 0 Å². The Morgan fingerprint density at radius 3 is 1.00 bits per heavy atom. The second-order valence-corrected chi connectivity index (χ2v) is 0. The molecule has 0 aliphatic rings. The first-order chi connectivity index (χ1) is 1.00. The Labute approximate surface area is 68.2 Å². The van der Waals surface area contributed by atoms with Crippen LogP contribution >= 0.6 is 0 Å². The van der Waals surface area contributed by atoms with E-state index in [0.29, 0.717) is 0 Å². The minimum absolute atomic E-state index is 0. The molecule has 6 N–H and O–H groups in total. The van der Waals surface area contributed by atoms with Crippen molar-refractivity contribution in [1.29, 1.82) is 0 Å². The summed E-state index contributed by atoms with van der Waals surface area (Å²) in [4.78, 5) is 0. The number of hydrogen-bond donors (Lipinski definition) is 0. The molecule has 0 unspecified atom stereocenters. The molecule has 0 spiro atoms. The summed E-state index contributed by atoms with van der Waals surface area (Å²) in [7, 11) is 0. The van der Waals surface area contributed by atoms with Crippen LogP contribution in [0.4, 0.5) is 0 Å². The Morgan fingerprint density at radius 1 is 1.00 bits per heavy atom. The van der Waals surface area contributed by atoms with Crippen LogP contribution in [0.25, 0.3) is 0 Å². The monoisotopic (exact) mass is 145 g/mol. The van der Waals surface area contributed by atoms with Gasteiger partial charge in [-0.15, -0.1) is 0 Å². The maximum atomic E-state index is 8.19. The van der Waals surface area contributed by atoms with Gasteiger partial charge in [0.1, 0.15) is 0 Å². The van der Waals surface area contributed by atoms with Crippen molar-refractivity contribution < 1.29 is 68.5 Å². The van der Waals surface area contributed by atoms with Gasteiger partial charge in [0.05, 0.1) is 0 Å². The van der Waals surface area contributed by atoms with E-state index in [0.717, 1.165) is 17.4 Å². The first-order valence-corrected chi connectivity index (χ1v) is 0.753. The third kappa shape index (κ3) is 59.9. The zero-order valence-electron chi connectivity index (χ0n) is 4.36. The summed E-state index contributed by atoms with van der Waals surface area (Å²) < 4.78 is 8.19. The van der Waals surface area contributed by atoms with Crippen LogP contribution in [-0.2, 0) is 21.0 Å². The predicted molar refractivity (Wildman–Crippen MR) is 12.6 cm³/mol. The molecule has 0 rings (SSSR count). The molecule has 37 valence electrons. The van der Waals surface area contributed by atoms with Gasteiger partial charge in [0.15, 0.2) is 0 Å². The number of hydrogen-bond acceptors (Lipinski definition) is 1. The standard InChI is InChI=1S/Na.3H2O.O.V.H/h;3*1H2;;;/q+1;;;;;;-1. The molecule has 0 aromatic heterocycles. The maximum absolute atomic E-state index is 8.19. The van der Waals surface area contributed by atoms with Gasteiger partial charge in [-0.25, -0.2) is 0 Å². The molecule has 0 aliphatic heterocycles. The van der Waals surface area contributed by atoms with Gasteiger partial charge in [0.25, 0.3) is 0 Å². The molecule has 0 heterocycles. The van der Waals surface area contributed by atoms with Crippen molar-refractivity contribution in [2.45, 2.75) is 0 Å². The molecule has 0 aromatic rings. The van der Waals surface area contributed by atoms with E-state index in [-0.39, 0.29) is 47.4 Å². The van der Waals surface area contributed by atoms with E-state index in [1.54, 1.807) is 0 Å². The van der Waals surface area contributed by atoms with Crippen molar-refractivity contribution in [3.63, 3.8) is 0 Å². The molecular weight excluding hydrogens is 138 g/mol. The van der Waals surface area contributed by atoms with E-state index < -0.39 is 0 Å². The molecule has 0 fully saturated rings. The minimum atomic E-state index is 0. The molecule has 0 saturated heterocycles. The van der Waals surface area contributed by atoms with Gasteiger partial charge in [-0.3, -0.25) is 0 Å². The zero-order chi connectivity index (χ0) is 2.00. The fourth-order valence-electron chi connectivity index (χ4n) is 0. The van der Waals surface area contributed by atoms with E-state index in [1.807, 2.05) is 0 Å². The van der Waals surface area contributed by atoms with Crippen molar-refractivity contribution in [3.05, 3.63) is 0 Å². The molecule has 0 bridgehead atoms. The SMILES string of the molecule is O.O.O.[H-].[Na+].[O]=[V]. The summed E-state index contributed by atoms with van der Waals surface area (Å²) in [5, 5.41) is 0. The first kappa shape index (κ1) is 55.6. The topological polar surface area (TPSA) is 112 Å². The average molecular weight is 145 g/mol. The van der Waals surface area contributed by atoms with Gasteiger partial charge in [0, 0.05) is 0 Å². The van der Waals surface area contributed by atoms with E-state index in [1.165, 1.54) is 0 Å². The first-order valence-electron chi connectivity index (χ1n) is 0.183. The second kappa shape index (κ2) is 109. The van der Waals surface area contributed by atoms with Gasteiger partial charge < -0.3 is 17.9 Å². The van der Waals surface area contributed by atoms with Gasteiger partial charge in [-0.05, 0) is 0 Å². The van der Waals surface area contributed by atoms with Gasteiger partial charge in [-0.1, -0.05) is 0 Å². The average Bonchev–Trinajstić information content (AvgIpc) is 1.00. The third-order valence-corrected chi connectivity index (χ3v) is 0. The van der Waals surface area contributed by atoms with E-state index in [4.69, 9.17) is 3.67 Å².